The van der Waals surface area contributed by atoms with E-state index < -0.39 is 11.8 Å². The third kappa shape index (κ3) is 3.82. The number of aryl methyl sites for hydroxylation is 1. The fourth-order valence-electron chi connectivity index (χ4n) is 3.48. The minimum absolute atomic E-state index is 0.121. The zero-order valence-electron chi connectivity index (χ0n) is 14.5. The number of alkyl halides is 2. The molecule has 0 saturated heterocycles. The predicted octanol–water partition coefficient (Wildman–Crippen LogP) is 4.16. The van der Waals surface area contributed by atoms with Crippen molar-refractivity contribution >= 4 is 28.6 Å². The summed E-state index contributed by atoms with van der Waals surface area (Å²) in [6.45, 7) is 4.13. The van der Waals surface area contributed by atoms with E-state index >= 15 is 0 Å². The van der Waals surface area contributed by atoms with E-state index in [0.29, 0.717) is 26.3 Å². The van der Waals surface area contributed by atoms with E-state index in [1.165, 1.54) is 4.88 Å². The molecule has 3 heterocycles. The number of carbonyl (C=O) groups excluding carboxylic acids is 1. The molecule has 0 spiro atoms. The van der Waals surface area contributed by atoms with Gasteiger partial charge < -0.3 is 9.64 Å². The van der Waals surface area contributed by atoms with E-state index in [1.807, 2.05) is 12.3 Å². The van der Waals surface area contributed by atoms with Crippen LogP contribution < -0.4 is 0 Å². The molecule has 0 atom stereocenters. The van der Waals surface area contributed by atoms with Crippen molar-refractivity contribution in [1.29, 1.82) is 0 Å². The van der Waals surface area contributed by atoms with E-state index in [4.69, 9.17) is 4.74 Å². The molecule has 1 saturated carbocycles. The van der Waals surface area contributed by atoms with Crippen LogP contribution in [-0.4, -0.2) is 28.3 Å². The number of carbonyl (C=O) groups is 1. The van der Waals surface area contributed by atoms with Crippen LogP contribution in [0.5, 0.6) is 0 Å². The average molecular weight is 399 g/mol. The molecule has 0 radical (unpaired) electrons. The number of thiophene rings is 1. The largest absolute Gasteiger partial charge is 0.370 e. The zero-order valence-corrected chi connectivity index (χ0v) is 16.1. The number of ether oxygens (including phenoxy) is 1. The number of amides is 1. The molecule has 0 bridgehead atoms. The van der Waals surface area contributed by atoms with Gasteiger partial charge in [0.2, 0.25) is 11.8 Å². The van der Waals surface area contributed by atoms with Crippen molar-refractivity contribution in [3.05, 3.63) is 37.5 Å². The van der Waals surface area contributed by atoms with Gasteiger partial charge in [-0.2, -0.15) is 0 Å². The number of thiazole rings is 1. The molecule has 0 aromatic carbocycles. The second kappa shape index (κ2) is 6.98. The Kier molecular flexibility index (Phi) is 4.83. The van der Waals surface area contributed by atoms with Gasteiger partial charge in [0.05, 0.1) is 23.9 Å². The van der Waals surface area contributed by atoms with Crippen LogP contribution >= 0.6 is 22.7 Å². The van der Waals surface area contributed by atoms with Gasteiger partial charge in [0.25, 0.3) is 0 Å². The van der Waals surface area contributed by atoms with Crippen molar-refractivity contribution in [2.75, 3.05) is 6.54 Å². The van der Waals surface area contributed by atoms with Gasteiger partial charge in [-0.3, -0.25) is 4.79 Å². The summed E-state index contributed by atoms with van der Waals surface area (Å²) in [7, 11) is 0. The Morgan fingerprint density at radius 3 is 2.92 bits per heavy atom. The van der Waals surface area contributed by atoms with Crippen molar-refractivity contribution in [2.45, 2.75) is 51.9 Å². The Hall–Kier alpha value is -1.38. The van der Waals surface area contributed by atoms with E-state index in [-0.39, 0.29) is 18.7 Å². The highest BCUT2D eigenvalue weighted by molar-refractivity contribution is 7.12. The fourth-order valence-corrected chi connectivity index (χ4v) is 5.18. The van der Waals surface area contributed by atoms with Crippen molar-refractivity contribution in [2.24, 2.45) is 5.92 Å². The first kappa shape index (κ1) is 18.0. The Morgan fingerprint density at radius 2 is 2.23 bits per heavy atom. The van der Waals surface area contributed by atoms with Gasteiger partial charge in [-0.1, -0.05) is 0 Å². The van der Waals surface area contributed by atoms with Crippen molar-refractivity contribution in [3.63, 3.8) is 0 Å². The molecule has 1 amide bonds. The summed E-state index contributed by atoms with van der Waals surface area (Å²) in [4.78, 5) is 20.9. The highest BCUT2D eigenvalue weighted by Gasteiger charge is 2.49. The Morgan fingerprint density at radius 1 is 1.42 bits per heavy atom. The lowest BCUT2D eigenvalue weighted by Crippen LogP contribution is -2.47. The Labute approximate surface area is 158 Å². The summed E-state index contributed by atoms with van der Waals surface area (Å²) in [5.41, 5.74) is 2.08. The molecule has 0 unspecified atom stereocenters. The smallest absolute Gasteiger partial charge is 0.249 e. The van der Waals surface area contributed by atoms with E-state index in [9.17, 15) is 13.6 Å². The molecule has 26 heavy (non-hydrogen) atoms. The summed E-state index contributed by atoms with van der Waals surface area (Å²) in [6, 6.07) is 2.08. The van der Waals surface area contributed by atoms with Crippen LogP contribution in [0.15, 0.2) is 11.4 Å². The first-order chi connectivity index (χ1) is 12.4. The molecule has 0 N–H and O–H groups in total. The monoisotopic (exact) mass is 398 g/mol. The lowest BCUT2D eigenvalue weighted by molar-refractivity contribution is -0.160. The van der Waals surface area contributed by atoms with Crippen LogP contribution in [0.1, 0.15) is 38.9 Å². The second-order valence-electron chi connectivity index (χ2n) is 6.98. The van der Waals surface area contributed by atoms with Crippen LogP contribution in [0.4, 0.5) is 8.78 Å². The lowest BCUT2D eigenvalue weighted by atomic mass is 9.80. The molecule has 1 fully saturated rings. The second-order valence-corrected chi connectivity index (χ2v) is 9.27. The molecule has 1 aliphatic carbocycles. The van der Waals surface area contributed by atoms with Crippen LogP contribution in [-0.2, 0) is 35.7 Å². The van der Waals surface area contributed by atoms with Crippen molar-refractivity contribution in [3.8, 4) is 0 Å². The minimum Gasteiger partial charge on any atom is -0.370 e. The minimum atomic E-state index is -2.65. The zero-order chi connectivity index (χ0) is 18.3. The van der Waals surface area contributed by atoms with Crippen molar-refractivity contribution < 1.29 is 18.3 Å². The highest BCUT2D eigenvalue weighted by Crippen LogP contribution is 2.43. The van der Waals surface area contributed by atoms with Gasteiger partial charge >= 0.3 is 0 Å². The number of aromatic nitrogens is 1. The third-order valence-electron chi connectivity index (χ3n) is 4.83. The number of nitrogens with zero attached hydrogens (tertiary/aromatic N) is 2. The summed E-state index contributed by atoms with van der Waals surface area (Å²) >= 11 is 3.33. The standard InChI is InChI=1S/C18H20F2N2O2S2/c1-11-21-14(10-25-11)8-24-9-15-4-12-7-22(3-2-16(12)26-15)17(23)13-5-18(19,20)6-13/h4,10,13H,2-3,5-9H2,1H3. The number of rotatable bonds is 5. The summed E-state index contributed by atoms with van der Waals surface area (Å²) < 4.78 is 31.8. The van der Waals surface area contributed by atoms with Crippen LogP contribution in [0.3, 0.4) is 0 Å². The predicted molar refractivity (Wildman–Crippen MR) is 96.5 cm³/mol. The van der Waals surface area contributed by atoms with E-state index in [2.05, 4.69) is 11.1 Å². The molecule has 2 aromatic heterocycles. The normalized spacial score (nSPS) is 19.3. The Balaban J connectivity index is 1.31. The summed E-state index contributed by atoms with van der Waals surface area (Å²) in [5, 5.41) is 3.03. The average Bonchev–Trinajstić information content (AvgIpc) is 3.16. The van der Waals surface area contributed by atoms with Gasteiger partial charge in [-0.25, -0.2) is 13.8 Å². The fraction of sp³-hybridized carbons (Fsp3) is 0.556. The first-order valence-corrected chi connectivity index (χ1v) is 10.3. The van der Waals surface area contributed by atoms with E-state index in [1.54, 1.807) is 27.6 Å². The molecule has 4 rings (SSSR count). The van der Waals surface area contributed by atoms with Gasteiger partial charge in [0.1, 0.15) is 0 Å². The number of halogens is 2. The van der Waals surface area contributed by atoms with Gasteiger partial charge in [0.15, 0.2) is 0 Å². The number of hydrogen-bond donors (Lipinski definition) is 0. The molecule has 1 aliphatic heterocycles. The van der Waals surface area contributed by atoms with Crippen molar-refractivity contribution in [1.82, 2.24) is 9.88 Å². The molecule has 2 aliphatic rings. The SMILES string of the molecule is Cc1nc(COCc2cc3c(s2)CCN(C(=O)C2CC(F)(F)C2)C3)cs1. The molecule has 8 heteroatoms. The maximum Gasteiger partial charge on any atom is 0.249 e. The summed E-state index contributed by atoms with van der Waals surface area (Å²) in [5.74, 6) is -3.27. The molecular formula is C18H20F2N2O2S2. The highest BCUT2D eigenvalue weighted by atomic mass is 32.1. The van der Waals surface area contributed by atoms with Gasteiger partial charge in [0, 0.05) is 47.0 Å². The van der Waals surface area contributed by atoms with Gasteiger partial charge in [-0.15, -0.1) is 22.7 Å². The number of hydrogen-bond acceptors (Lipinski definition) is 5. The molecule has 140 valence electrons. The molecular weight excluding hydrogens is 378 g/mol. The lowest BCUT2D eigenvalue weighted by Gasteiger charge is -2.38. The maximum atomic E-state index is 13.0. The quantitative estimate of drug-likeness (QED) is 0.760. The number of fused-ring (bicyclic) bond motifs is 1. The van der Waals surface area contributed by atoms with Crippen LogP contribution in [0, 0.1) is 12.8 Å². The maximum absolute atomic E-state index is 13.0. The van der Waals surface area contributed by atoms with Crippen LogP contribution in [0.2, 0.25) is 0 Å². The first-order valence-electron chi connectivity index (χ1n) is 8.65. The van der Waals surface area contributed by atoms with E-state index in [0.717, 1.165) is 27.6 Å². The third-order valence-corrected chi connectivity index (χ3v) is 6.86. The van der Waals surface area contributed by atoms with Gasteiger partial charge in [-0.05, 0) is 25.0 Å². The Bertz CT molecular complexity index is 810. The van der Waals surface area contributed by atoms with Crippen LogP contribution in [0.25, 0.3) is 0 Å². The topological polar surface area (TPSA) is 42.4 Å². The summed E-state index contributed by atoms with van der Waals surface area (Å²) in [6.07, 6.45) is 0.197. The molecule has 2 aromatic rings. The molecule has 4 nitrogen and oxygen atoms in total.